The molecule has 7 nitrogen and oxygen atoms in total. The van der Waals surface area contributed by atoms with Crippen LogP contribution in [0.15, 0.2) is 78.9 Å². The second-order valence-corrected chi connectivity index (χ2v) is 6.13. The van der Waals surface area contributed by atoms with Crippen molar-refractivity contribution in [2.45, 2.75) is 6.61 Å². The number of hydrogen-bond donors (Lipinski definition) is 2. The zero-order valence-electron chi connectivity index (χ0n) is 15.3. The van der Waals surface area contributed by atoms with Crippen molar-refractivity contribution in [3.05, 3.63) is 100 Å². The van der Waals surface area contributed by atoms with Crippen molar-refractivity contribution in [2.24, 2.45) is 0 Å². The number of non-ortho nitro benzene ring substituents is 1. The number of phenols is 1. The molecule has 0 spiro atoms. The highest BCUT2D eigenvalue weighted by atomic mass is 16.6. The Morgan fingerprint density at radius 1 is 1.07 bits per heavy atom. The number of nitrogens with one attached hydrogen (secondary N) is 1. The van der Waals surface area contributed by atoms with E-state index in [2.05, 4.69) is 5.32 Å². The molecule has 0 saturated carbocycles. The van der Waals surface area contributed by atoms with Crippen LogP contribution in [0.1, 0.15) is 11.1 Å². The second-order valence-electron chi connectivity index (χ2n) is 6.13. The molecular formula is C22H18N2O5. The molecule has 1 amide bonds. The smallest absolute Gasteiger partial charge is 0.271 e. The monoisotopic (exact) mass is 390 g/mol. The number of hydrogen-bond acceptors (Lipinski definition) is 5. The van der Waals surface area contributed by atoms with Crippen molar-refractivity contribution >= 4 is 23.4 Å². The van der Waals surface area contributed by atoms with Gasteiger partial charge in [-0.05, 0) is 35.4 Å². The molecule has 0 saturated heterocycles. The van der Waals surface area contributed by atoms with Gasteiger partial charge in [0.15, 0.2) is 0 Å². The Balaban J connectivity index is 1.63. The molecule has 0 atom stereocenters. The van der Waals surface area contributed by atoms with Crippen molar-refractivity contribution in [1.82, 2.24) is 0 Å². The van der Waals surface area contributed by atoms with Crippen LogP contribution in [0.25, 0.3) is 6.08 Å². The van der Waals surface area contributed by atoms with Gasteiger partial charge in [-0.1, -0.05) is 42.5 Å². The molecule has 0 aliphatic carbocycles. The molecule has 0 heterocycles. The molecule has 146 valence electrons. The lowest BCUT2D eigenvalue weighted by atomic mass is 10.2. The average Bonchev–Trinajstić information content (AvgIpc) is 2.73. The number of aromatic hydroxyl groups is 1. The Kier molecular flexibility index (Phi) is 6.22. The molecule has 7 heteroatoms. The summed E-state index contributed by atoms with van der Waals surface area (Å²) in [6.45, 7) is 0.431. The molecule has 3 aromatic rings. The maximum Gasteiger partial charge on any atom is 0.271 e. The maximum atomic E-state index is 12.1. The number of phenolic OH excluding ortho intramolecular Hbond substituents is 1. The van der Waals surface area contributed by atoms with Gasteiger partial charge in [-0.3, -0.25) is 14.9 Å². The van der Waals surface area contributed by atoms with Gasteiger partial charge in [0.25, 0.3) is 5.69 Å². The van der Waals surface area contributed by atoms with Crippen molar-refractivity contribution < 1.29 is 19.6 Å². The minimum atomic E-state index is -0.605. The standard InChI is InChI=1S/C22H18N2O5/c25-21-11-10-18(24(27)28)14-20(21)23-22(26)12-9-16-7-4-8-19(13-16)29-15-17-5-2-1-3-6-17/h1-14,25H,15H2,(H,23,26)/b12-9+. The predicted octanol–water partition coefficient (Wildman–Crippen LogP) is 4.53. The van der Waals surface area contributed by atoms with Gasteiger partial charge < -0.3 is 15.2 Å². The van der Waals surface area contributed by atoms with Gasteiger partial charge in [-0.15, -0.1) is 0 Å². The number of carbonyl (C=O) groups is 1. The van der Waals surface area contributed by atoms with Crippen LogP contribution in [0, 0.1) is 10.1 Å². The molecule has 0 radical (unpaired) electrons. The lowest BCUT2D eigenvalue weighted by Crippen LogP contribution is -2.08. The number of anilines is 1. The highest BCUT2D eigenvalue weighted by Crippen LogP contribution is 2.27. The number of nitro benzene ring substituents is 1. The first-order valence-electron chi connectivity index (χ1n) is 8.74. The Bertz CT molecular complexity index is 1050. The van der Waals surface area contributed by atoms with Gasteiger partial charge in [0.1, 0.15) is 18.1 Å². The molecule has 0 aliphatic heterocycles. The van der Waals surface area contributed by atoms with E-state index in [1.165, 1.54) is 6.08 Å². The van der Waals surface area contributed by atoms with Crippen LogP contribution in [0.5, 0.6) is 11.5 Å². The van der Waals surface area contributed by atoms with Gasteiger partial charge in [0.2, 0.25) is 5.91 Å². The molecule has 0 unspecified atom stereocenters. The van der Waals surface area contributed by atoms with E-state index in [1.807, 2.05) is 48.5 Å². The van der Waals surface area contributed by atoms with E-state index < -0.39 is 10.8 Å². The summed E-state index contributed by atoms with van der Waals surface area (Å²) in [6.07, 6.45) is 2.85. The highest BCUT2D eigenvalue weighted by Gasteiger charge is 2.11. The maximum absolute atomic E-state index is 12.1. The van der Waals surface area contributed by atoms with Gasteiger partial charge in [0, 0.05) is 18.2 Å². The topological polar surface area (TPSA) is 102 Å². The zero-order chi connectivity index (χ0) is 20.6. The van der Waals surface area contributed by atoms with Crippen LogP contribution in [-0.2, 0) is 11.4 Å². The molecule has 0 aliphatic rings. The fourth-order valence-electron chi connectivity index (χ4n) is 2.53. The van der Waals surface area contributed by atoms with Gasteiger partial charge >= 0.3 is 0 Å². The Morgan fingerprint density at radius 2 is 1.86 bits per heavy atom. The first kappa shape index (κ1) is 19.6. The zero-order valence-corrected chi connectivity index (χ0v) is 15.3. The number of nitro groups is 1. The summed E-state index contributed by atoms with van der Waals surface area (Å²) >= 11 is 0. The molecule has 3 aromatic carbocycles. The summed E-state index contributed by atoms with van der Waals surface area (Å²) < 4.78 is 5.76. The SMILES string of the molecule is O=C(/C=C/c1cccc(OCc2ccccc2)c1)Nc1cc([N+](=O)[O-])ccc1O. The lowest BCUT2D eigenvalue weighted by Gasteiger charge is -2.07. The van der Waals surface area contributed by atoms with Gasteiger partial charge in [0.05, 0.1) is 10.6 Å². The van der Waals surface area contributed by atoms with Crippen LogP contribution < -0.4 is 10.1 Å². The van der Waals surface area contributed by atoms with Crippen molar-refractivity contribution in [1.29, 1.82) is 0 Å². The van der Waals surface area contributed by atoms with Crippen molar-refractivity contribution in [3.8, 4) is 11.5 Å². The number of carbonyl (C=O) groups excluding carboxylic acids is 1. The average molecular weight is 390 g/mol. The van der Waals surface area contributed by atoms with Crippen LogP contribution in [0.2, 0.25) is 0 Å². The van der Waals surface area contributed by atoms with Crippen LogP contribution >= 0.6 is 0 Å². The first-order valence-corrected chi connectivity index (χ1v) is 8.74. The minimum absolute atomic E-state index is 0.0335. The van der Waals surface area contributed by atoms with Gasteiger partial charge in [-0.25, -0.2) is 0 Å². The lowest BCUT2D eigenvalue weighted by molar-refractivity contribution is -0.384. The van der Waals surface area contributed by atoms with Crippen LogP contribution in [-0.4, -0.2) is 15.9 Å². The Hall–Kier alpha value is -4.13. The molecule has 29 heavy (non-hydrogen) atoms. The van der Waals surface area contributed by atoms with E-state index in [4.69, 9.17) is 4.74 Å². The van der Waals surface area contributed by atoms with Crippen molar-refractivity contribution in [2.75, 3.05) is 5.32 Å². The van der Waals surface area contributed by atoms with E-state index >= 15 is 0 Å². The summed E-state index contributed by atoms with van der Waals surface area (Å²) in [5.41, 5.74) is 1.53. The number of ether oxygens (including phenoxy) is 1. The van der Waals surface area contributed by atoms with Crippen LogP contribution in [0.3, 0.4) is 0 Å². The van der Waals surface area contributed by atoms with Gasteiger partial charge in [-0.2, -0.15) is 0 Å². The minimum Gasteiger partial charge on any atom is -0.506 e. The highest BCUT2D eigenvalue weighted by molar-refractivity contribution is 6.02. The third kappa shape index (κ3) is 5.67. The molecule has 0 fully saturated rings. The van der Waals surface area contributed by atoms with E-state index in [9.17, 15) is 20.0 Å². The summed E-state index contributed by atoms with van der Waals surface area (Å²) in [6, 6.07) is 20.4. The predicted molar refractivity (Wildman–Crippen MR) is 110 cm³/mol. The van der Waals surface area contributed by atoms with E-state index in [0.717, 1.165) is 29.3 Å². The summed E-state index contributed by atoms with van der Waals surface area (Å²) in [5.74, 6) is -0.127. The van der Waals surface area contributed by atoms with Crippen LogP contribution in [0.4, 0.5) is 11.4 Å². The largest absolute Gasteiger partial charge is 0.506 e. The summed E-state index contributed by atoms with van der Waals surface area (Å²) in [4.78, 5) is 22.3. The Labute approximate surface area is 167 Å². The molecule has 0 aromatic heterocycles. The quantitative estimate of drug-likeness (QED) is 0.267. The normalized spacial score (nSPS) is 10.6. The molecule has 0 bridgehead atoms. The van der Waals surface area contributed by atoms with Crippen molar-refractivity contribution in [3.63, 3.8) is 0 Å². The molecule has 2 N–H and O–H groups in total. The fourth-order valence-corrected chi connectivity index (χ4v) is 2.53. The Morgan fingerprint density at radius 3 is 2.62 bits per heavy atom. The summed E-state index contributed by atoms with van der Waals surface area (Å²) in [7, 11) is 0. The van der Waals surface area contributed by atoms with E-state index in [0.29, 0.717) is 12.4 Å². The first-order chi connectivity index (χ1) is 14.0. The summed E-state index contributed by atoms with van der Waals surface area (Å²) in [5, 5.41) is 23.0. The fraction of sp³-hybridized carbons (Fsp3) is 0.0455. The number of benzene rings is 3. The third-order valence-electron chi connectivity index (χ3n) is 3.98. The second kappa shape index (κ2) is 9.18. The number of nitrogens with zero attached hydrogens (tertiary/aromatic N) is 1. The number of amides is 1. The molecule has 3 rings (SSSR count). The third-order valence-corrected chi connectivity index (χ3v) is 3.98. The van der Waals surface area contributed by atoms with E-state index in [-0.39, 0.29) is 17.1 Å². The molecular weight excluding hydrogens is 372 g/mol. The van der Waals surface area contributed by atoms with E-state index in [1.54, 1.807) is 12.1 Å². The number of rotatable bonds is 7.